The van der Waals surface area contributed by atoms with Crippen molar-refractivity contribution in [3.8, 4) is 0 Å². The van der Waals surface area contributed by atoms with Gasteiger partial charge in [0.1, 0.15) is 29.1 Å². The van der Waals surface area contributed by atoms with E-state index in [1.54, 1.807) is 6.08 Å². The van der Waals surface area contributed by atoms with Crippen LogP contribution in [0, 0.1) is 25.6 Å². The standard InChI is InChI=1S/C13H17BN3.C10H12BN2.C7H15N.2C2H6B.4C2H6.CH4.2Y/c1-3-11-10-15-12(9-14-2)16-13(11)17-7-5-4-6-8-17;1-4-8-7-12-10(6-11-3)13-9(8)5-2;1-2-8-6-4-3-5-7-8;2*1-3-2;4*1-2;;;/h1,3H,4-9H2,2H3;1,4H,5-6H2,2-3H3;2-7H2,1H3;2*1-2H3;4*1-2H3;1H4;;/q2*-2;;;;;;;;;;. The van der Waals surface area contributed by atoms with Crippen LogP contribution < -0.4 is 4.90 Å². The second-order valence-electron chi connectivity index (χ2n) is 10.7. The summed E-state index contributed by atoms with van der Waals surface area (Å²) in [6.07, 6.45) is 19.4. The van der Waals surface area contributed by atoms with Crippen LogP contribution in [-0.2, 0) is 84.5 Å². The summed E-state index contributed by atoms with van der Waals surface area (Å²) in [5.41, 5.74) is 2.59. The number of aryl methyl sites for hydroxylation is 1. The van der Waals surface area contributed by atoms with Crippen LogP contribution in [0.3, 0.4) is 0 Å². The van der Waals surface area contributed by atoms with E-state index in [1.165, 1.54) is 64.2 Å². The van der Waals surface area contributed by atoms with Crippen LogP contribution in [0.2, 0.25) is 40.9 Å². The summed E-state index contributed by atoms with van der Waals surface area (Å²) < 4.78 is 0. The Labute approximate surface area is 400 Å². The third kappa shape index (κ3) is 40.4. The number of nitrogens with zero attached hydrogens (tertiary/aromatic N) is 6. The van der Waals surface area contributed by atoms with Gasteiger partial charge in [-0.1, -0.05) is 143 Å². The molecule has 0 amide bonds. The predicted octanol–water partition coefficient (Wildman–Crippen LogP) is 11.3. The monoisotopic (exact) mass is 907 g/mol. The van der Waals surface area contributed by atoms with E-state index < -0.39 is 0 Å². The van der Waals surface area contributed by atoms with E-state index in [1.807, 2.05) is 125 Å². The van der Waals surface area contributed by atoms with Crippen LogP contribution in [0.15, 0.2) is 0 Å². The zero-order chi connectivity index (χ0) is 41.0. The molecule has 12 heteroatoms. The molecule has 308 valence electrons. The van der Waals surface area contributed by atoms with Crippen molar-refractivity contribution >= 4 is 47.1 Å². The van der Waals surface area contributed by atoms with E-state index in [2.05, 4.69) is 56.3 Å². The first-order valence-electron chi connectivity index (χ1n) is 20.6. The normalized spacial score (nSPS) is 11.5. The van der Waals surface area contributed by atoms with Gasteiger partial charge in [0.2, 0.25) is 0 Å². The smallest absolute Gasteiger partial charge is 0.104 e. The molecule has 0 saturated carbocycles. The second kappa shape index (κ2) is 60.5. The predicted molar refractivity (Wildman–Crippen MR) is 248 cm³/mol. The van der Waals surface area contributed by atoms with Crippen LogP contribution >= 0.6 is 0 Å². The molecule has 0 N–H and O–H groups in total. The topological polar surface area (TPSA) is 58.0 Å². The Balaban J connectivity index is -0.0000000866. The summed E-state index contributed by atoms with van der Waals surface area (Å²) in [7, 11) is 8.07. The summed E-state index contributed by atoms with van der Waals surface area (Å²) in [5, 5.41) is 0. The minimum atomic E-state index is 0. The SMILES string of the molecule is C.CC.CC.CC.CC.CCN1CCCCC1.C[B]C.C[B]C.[CH-]=Cc1[c-]nc(C[B]C)nc1CC.[CH-]=Cc1[c-]nc(C[B]C)nc1N1CCCCC1.[Y].[Y]. The molecular weight excluding hydrogens is 822 g/mol. The maximum Gasteiger partial charge on any atom is 0.104 e. The van der Waals surface area contributed by atoms with Gasteiger partial charge in [-0.3, -0.25) is 5.56 Å². The summed E-state index contributed by atoms with van der Waals surface area (Å²) in [4.78, 5) is 22.0. The minimum Gasteiger partial charge on any atom is -0.410 e. The molecule has 6 radical (unpaired) electrons. The minimum absolute atomic E-state index is 0. The fourth-order valence-electron chi connectivity index (χ4n) is 4.50. The Morgan fingerprint density at radius 2 is 0.964 bits per heavy atom. The van der Waals surface area contributed by atoms with Crippen molar-refractivity contribution in [1.82, 2.24) is 24.8 Å². The van der Waals surface area contributed by atoms with E-state index in [9.17, 15) is 0 Å². The van der Waals surface area contributed by atoms with Gasteiger partial charge in [-0.2, -0.15) is 0 Å². The maximum atomic E-state index is 5.61. The van der Waals surface area contributed by atoms with E-state index in [0.29, 0.717) is 0 Å². The number of anilines is 1. The van der Waals surface area contributed by atoms with Gasteiger partial charge in [0.25, 0.3) is 0 Å². The van der Waals surface area contributed by atoms with Gasteiger partial charge in [-0.25, -0.2) is 5.56 Å². The number of rotatable bonds is 9. The van der Waals surface area contributed by atoms with Crippen molar-refractivity contribution in [2.24, 2.45) is 0 Å². The molecule has 4 rings (SSSR count). The molecule has 0 unspecified atom stereocenters. The van der Waals surface area contributed by atoms with E-state index in [0.717, 1.165) is 66.4 Å². The third-order valence-corrected chi connectivity index (χ3v) is 6.65. The van der Waals surface area contributed by atoms with Crippen LogP contribution in [0.4, 0.5) is 5.82 Å². The Morgan fingerprint density at radius 1 is 0.600 bits per heavy atom. The van der Waals surface area contributed by atoms with Crippen LogP contribution in [-0.4, -0.2) is 86.7 Å². The number of hydrogen-bond donors (Lipinski definition) is 0. The van der Waals surface area contributed by atoms with Gasteiger partial charge in [0, 0.05) is 90.2 Å². The first-order chi connectivity index (χ1) is 25.4. The Morgan fingerprint density at radius 3 is 1.29 bits per heavy atom. The summed E-state index contributed by atoms with van der Waals surface area (Å²) in [5.74, 6) is 2.57. The van der Waals surface area contributed by atoms with Gasteiger partial charge in [0.15, 0.2) is 0 Å². The Bertz CT molecular complexity index is 1010. The van der Waals surface area contributed by atoms with Crippen LogP contribution in [0.5, 0.6) is 0 Å². The molecular formula is C43H84B4N6Y2-4. The molecule has 2 fully saturated rings. The molecule has 55 heavy (non-hydrogen) atoms. The molecule has 2 aliphatic heterocycles. The molecule has 0 aromatic carbocycles. The van der Waals surface area contributed by atoms with Gasteiger partial charge >= 0.3 is 0 Å². The molecule has 0 bridgehead atoms. The van der Waals surface area contributed by atoms with E-state index in [4.69, 9.17) is 13.2 Å². The van der Waals surface area contributed by atoms with Crippen molar-refractivity contribution in [3.05, 3.63) is 54.0 Å². The average molecular weight is 906 g/mol. The summed E-state index contributed by atoms with van der Waals surface area (Å²) >= 11 is 0. The van der Waals surface area contributed by atoms with Gasteiger partial charge in [-0.15, -0.1) is 18.1 Å². The van der Waals surface area contributed by atoms with E-state index in [-0.39, 0.29) is 72.8 Å². The number of aromatic nitrogens is 4. The van der Waals surface area contributed by atoms with Crippen molar-refractivity contribution in [1.29, 1.82) is 0 Å². The average Bonchev–Trinajstić information content (AvgIpc) is 3.23. The zero-order valence-corrected chi connectivity index (χ0v) is 44.0. The molecule has 2 aromatic heterocycles. The molecule has 2 aromatic rings. The van der Waals surface area contributed by atoms with Crippen molar-refractivity contribution in [2.45, 2.75) is 175 Å². The molecule has 0 aliphatic carbocycles. The first-order valence-corrected chi connectivity index (χ1v) is 20.6. The molecule has 2 aliphatic rings. The quantitative estimate of drug-likeness (QED) is 0.185. The van der Waals surface area contributed by atoms with Crippen molar-refractivity contribution in [3.63, 3.8) is 0 Å². The van der Waals surface area contributed by atoms with Gasteiger partial charge in [-0.05, 0) is 57.6 Å². The second-order valence-corrected chi connectivity index (χ2v) is 10.7. The molecule has 2 saturated heterocycles. The number of piperidine rings is 2. The maximum absolute atomic E-state index is 5.61. The molecule has 0 spiro atoms. The Kier molecular flexibility index (Phi) is 79.8. The largest absolute Gasteiger partial charge is 0.410 e. The van der Waals surface area contributed by atoms with Crippen LogP contribution in [0.1, 0.15) is 144 Å². The third-order valence-electron chi connectivity index (χ3n) is 6.65. The first kappa shape index (κ1) is 72.5. The van der Waals surface area contributed by atoms with Crippen LogP contribution in [0.25, 0.3) is 12.2 Å². The van der Waals surface area contributed by atoms with Gasteiger partial charge in [0.05, 0.1) is 0 Å². The van der Waals surface area contributed by atoms with E-state index >= 15 is 0 Å². The van der Waals surface area contributed by atoms with Crippen molar-refractivity contribution < 1.29 is 65.4 Å². The fourth-order valence-corrected chi connectivity index (χ4v) is 4.50. The summed E-state index contributed by atoms with van der Waals surface area (Å²) in [6.45, 7) is 49.3. The number of hydrogen-bond acceptors (Lipinski definition) is 6. The van der Waals surface area contributed by atoms with Gasteiger partial charge < -0.3 is 55.0 Å². The fraction of sp³-hybridized carbons (Fsp3) is 0.721. The van der Waals surface area contributed by atoms with Crippen molar-refractivity contribution in [2.75, 3.05) is 37.6 Å². The molecule has 4 heterocycles. The molecule has 0 atom stereocenters. The summed E-state index contributed by atoms with van der Waals surface area (Å²) in [6, 6.07) is 0. The molecule has 6 nitrogen and oxygen atoms in total. The number of likely N-dealkylation sites (tertiary alicyclic amines) is 1. The zero-order valence-electron chi connectivity index (χ0n) is 38.4. The Hall–Kier alpha value is -0.132.